The SMILES string of the molecule is CCOC(=O)Oc1ccc([N+](=O)[O-])cc1.C[NH+](C)C. The van der Waals surface area contributed by atoms with E-state index < -0.39 is 11.1 Å². The van der Waals surface area contributed by atoms with Gasteiger partial charge in [-0.2, -0.15) is 0 Å². The first-order chi connectivity index (χ1) is 8.86. The van der Waals surface area contributed by atoms with Crippen molar-refractivity contribution in [3.05, 3.63) is 34.4 Å². The van der Waals surface area contributed by atoms with Crippen molar-refractivity contribution in [2.45, 2.75) is 6.92 Å². The van der Waals surface area contributed by atoms with Crippen LogP contribution in [-0.4, -0.2) is 38.8 Å². The molecule has 106 valence electrons. The van der Waals surface area contributed by atoms with E-state index in [1.807, 2.05) is 0 Å². The fraction of sp³-hybridized carbons (Fsp3) is 0.417. The standard InChI is InChI=1S/C9H9NO5.C3H9N/c1-2-14-9(11)15-8-5-3-7(4-6-8)10(12)13;1-4(2)3/h3-6H,2H2,1H3;1-3H3/p+1. The van der Waals surface area contributed by atoms with E-state index in [2.05, 4.69) is 25.9 Å². The average molecular weight is 271 g/mol. The molecule has 0 spiro atoms. The van der Waals surface area contributed by atoms with Crippen LogP contribution in [0.3, 0.4) is 0 Å². The summed E-state index contributed by atoms with van der Waals surface area (Å²) in [6, 6.07) is 5.15. The summed E-state index contributed by atoms with van der Waals surface area (Å²) in [6.45, 7) is 1.86. The van der Waals surface area contributed by atoms with Crippen molar-refractivity contribution in [1.29, 1.82) is 0 Å². The molecule has 0 bridgehead atoms. The Morgan fingerprint density at radius 2 is 1.74 bits per heavy atom. The fourth-order valence-corrected chi connectivity index (χ4v) is 0.879. The van der Waals surface area contributed by atoms with E-state index in [0.29, 0.717) is 0 Å². The molecule has 7 nitrogen and oxygen atoms in total. The van der Waals surface area contributed by atoms with Gasteiger partial charge in [0.25, 0.3) is 5.69 Å². The van der Waals surface area contributed by atoms with Gasteiger partial charge in [-0.05, 0) is 19.1 Å². The summed E-state index contributed by atoms with van der Waals surface area (Å²) < 4.78 is 9.23. The topological polar surface area (TPSA) is 83.1 Å². The molecule has 1 aromatic carbocycles. The zero-order chi connectivity index (χ0) is 14.8. The first-order valence-electron chi connectivity index (χ1n) is 5.72. The molecule has 0 aliphatic carbocycles. The highest BCUT2D eigenvalue weighted by molar-refractivity contribution is 5.63. The Morgan fingerprint density at radius 3 is 2.11 bits per heavy atom. The van der Waals surface area contributed by atoms with Crippen molar-refractivity contribution < 1.29 is 24.1 Å². The number of hydrogen-bond donors (Lipinski definition) is 1. The number of nitro groups is 1. The molecule has 0 unspecified atom stereocenters. The van der Waals surface area contributed by atoms with Gasteiger partial charge in [0.1, 0.15) is 5.75 Å². The lowest BCUT2D eigenvalue weighted by Gasteiger charge is -2.02. The van der Waals surface area contributed by atoms with Crippen LogP contribution in [0.2, 0.25) is 0 Å². The van der Waals surface area contributed by atoms with Gasteiger partial charge in [-0.25, -0.2) is 4.79 Å². The van der Waals surface area contributed by atoms with Crippen LogP contribution in [0.5, 0.6) is 5.75 Å². The van der Waals surface area contributed by atoms with E-state index in [4.69, 9.17) is 4.74 Å². The molecule has 1 rings (SSSR count). The maximum absolute atomic E-state index is 10.9. The van der Waals surface area contributed by atoms with Crippen molar-refractivity contribution in [3.8, 4) is 5.75 Å². The normalized spacial score (nSPS) is 9.32. The van der Waals surface area contributed by atoms with Crippen LogP contribution in [0, 0.1) is 10.1 Å². The Balaban J connectivity index is 0.000000711. The van der Waals surface area contributed by atoms with Crippen LogP contribution in [0.1, 0.15) is 6.92 Å². The third-order valence-corrected chi connectivity index (χ3v) is 1.51. The van der Waals surface area contributed by atoms with Crippen molar-refractivity contribution in [2.75, 3.05) is 27.7 Å². The maximum Gasteiger partial charge on any atom is 0.513 e. The van der Waals surface area contributed by atoms with Crippen LogP contribution >= 0.6 is 0 Å². The van der Waals surface area contributed by atoms with Gasteiger partial charge in [-0.1, -0.05) is 0 Å². The Bertz CT molecular complexity index is 400. The minimum atomic E-state index is -0.827. The summed E-state index contributed by atoms with van der Waals surface area (Å²) in [5, 5.41) is 10.3. The van der Waals surface area contributed by atoms with Gasteiger partial charge >= 0.3 is 6.16 Å². The lowest BCUT2D eigenvalue weighted by Crippen LogP contribution is -3.02. The molecule has 0 heterocycles. The second kappa shape index (κ2) is 8.87. The maximum atomic E-state index is 10.9. The Kier molecular flexibility index (Phi) is 7.87. The van der Waals surface area contributed by atoms with Crippen LogP contribution in [0.4, 0.5) is 10.5 Å². The molecule has 19 heavy (non-hydrogen) atoms. The fourth-order valence-electron chi connectivity index (χ4n) is 0.879. The summed E-state index contributed by atoms with van der Waals surface area (Å²) in [5.41, 5.74) is -0.0637. The number of carbonyl (C=O) groups excluding carboxylic acids is 1. The third kappa shape index (κ3) is 8.56. The highest BCUT2D eigenvalue weighted by atomic mass is 16.7. The van der Waals surface area contributed by atoms with E-state index in [9.17, 15) is 14.9 Å². The van der Waals surface area contributed by atoms with E-state index >= 15 is 0 Å². The molecule has 0 saturated carbocycles. The van der Waals surface area contributed by atoms with Crippen LogP contribution in [0.25, 0.3) is 0 Å². The molecule has 1 aromatic rings. The van der Waals surface area contributed by atoms with Gasteiger partial charge in [0.2, 0.25) is 0 Å². The first kappa shape index (κ1) is 16.9. The molecular weight excluding hydrogens is 252 g/mol. The lowest BCUT2D eigenvalue weighted by atomic mass is 10.3. The minimum absolute atomic E-state index is 0.0637. The average Bonchev–Trinajstić information content (AvgIpc) is 2.29. The highest BCUT2D eigenvalue weighted by Crippen LogP contribution is 2.17. The van der Waals surface area contributed by atoms with Gasteiger partial charge in [0.05, 0.1) is 32.7 Å². The largest absolute Gasteiger partial charge is 0.513 e. The van der Waals surface area contributed by atoms with Crippen molar-refractivity contribution in [3.63, 3.8) is 0 Å². The molecule has 0 atom stereocenters. The molecule has 0 radical (unpaired) electrons. The summed E-state index contributed by atoms with van der Waals surface area (Å²) in [7, 11) is 6.25. The predicted octanol–water partition coefficient (Wildman–Crippen LogP) is 0.891. The zero-order valence-electron chi connectivity index (χ0n) is 11.5. The van der Waals surface area contributed by atoms with Crippen molar-refractivity contribution in [1.82, 2.24) is 0 Å². The zero-order valence-corrected chi connectivity index (χ0v) is 11.5. The van der Waals surface area contributed by atoms with Gasteiger partial charge in [0.15, 0.2) is 0 Å². The number of nitrogens with one attached hydrogen (secondary N) is 1. The number of quaternary nitrogens is 1. The van der Waals surface area contributed by atoms with E-state index in [0.717, 1.165) is 0 Å². The number of ether oxygens (including phenoxy) is 2. The number of nitrogens with zero attached hydrogens (tertiary/aromatic N) is 1. The van der Waals surface area contributed by atoms with Gasteiger partial charge < -0.3 is 14.4 Å². The van der Waals surface area contributed by atoms with Crippen LogP contribution in [-0.2, 0) is 4.74 Å². The van der Waals surface area contributed by atoms with Crippen LogP contribution < -0.4 is 9.64 Å². The first-order valence-corrected chi connectivity index (χ1v) is 5.72. The lowest BCUT2D eigenvalue weighted by molar-refractivity contribution is -0.836. The van der Waals surface area contributed by atoms with Crippen LogP contribution in [0.15, 0.2) is 24.3 Å². The molecule has 7 heteroatoms. The quantitative estimate of drug-likeness (QED) is 0.382. The molecule has 0 amide bonds. The number of hydrogen-bond acceptors (Lipinski definition) is 5. The van der Waals surface area contributed by atoms with Crippen molar-refractivity contribution in [2.24, 2.45) is 0 Å². The third-order valence-electron chi connectivity index (χ3n) is 1.51. The number of rotatable bonds is 3. The van der Waals surface area contributed by atoms with E-state index in [1.54, 1.807) is 6.92 Å². The van der Waals surface area contributed by atoms with Crippen molar-refractivity contribution >= 4 is 11.8 Å². The molecule has 0 aromatic heterocycles. The number of non-ortho nitro benzene ring substituents is 1. The molecular formula is C12H19N2O5+. The van der Waals surface area contributed by atoms with Gasteiger partial charge in [-0.15, -0.1) is 0 Å². The molecule has 0 aliphatic heterocycles. The summed E-state index contributed by atoms with van der Waals surface area (Å²) in [4.78, 5) is 22.0. The molecule has 0 aliphatic rings. The smallest absolute Gasteiger partial charge is 0.434 e. The summed E-state index contributed by atoms with van der Waals surface area (Å²) in [5.74, 6) is 0.207. The summed E-state index contributed by atoms with van der Waals surface area (Å²) in [6.07, 6.45) is -0.827. The number of benzene rings is 1. The number of carbonyl (C=O) groups is 1. The van der Waals surface area contributed by atoms with Gasteiger partial charge in [-0.3, -0.25) is 10.1 Å². The molecule has 1 N–H and O–H groups in total. The number of nitro benzene ring substituents is 1. The summed E-state index contributed by atoms with van der Waals surface area (Å²) >= 11 is 0. The Labute approximate surface area is 111 Å². The Morgan fingerprint density at radius 1 is 1.26 bits per heavy atom. The predicted molar refractivity (Wildman–Crippen MR) is 69.5 cm³/mol. The van der Waals surface area contributed by atoms with E-state index in [1.165, 1.54) is 29.2 Å². The Hall–Kier alpha value is -2.15. The minimum Gasteiger partial charge on any atom is -0.434 e. The monoisotopic (exact) mass is 271 g/mol. The van der Waals surface area contributed by atoms with E-state index in [-0.39, 0.29) is 18.0 Å². The second-order valence-electron chi connectivity index (χ2n) is 4.04. The van der Waals surface area contributed by atoms with Gasteiger partial charge in [0, 0.05) is 12.1 Å². The second-order valence-corrected chi connectivity index (χ2v) is 4.04. The molecule has 0 saturated heterocycles. The highest BCUT2D eigenvalue weighted by Gasteiger charge is 2.07. The molecule has 0 fully saturated rings.